The van der Waals surface area contributed by atoms with E-state index >= 15 is 0 Å². The molecular formula is C14H20ClN3. The molecule has 0 aliphatic heterocycles. The smallest absolute Gasteiger partial charge is 0.224 e. The van der Waals surface area contributed by atoms with Crippen LogP contribution in [0.3, 0.4) is 0 Å². The van der Waals surface area contributed by atoms with Crippen LogP contribution in [0.25, 0.3) is 0 Å². The van der Waals surface area contributed by atoms with Crippen LogP contribution in [-0.2, 0) is 12.8 Å². The Balaban J connectivity index is 1.83. The fraction of sp³-hybridized carbons (Fsp3) is 0.714. The molecular weight excluding hydrogens is 246 g/mol. The molecule has 18 heavy (non-hydrogen) atoms. The van der Waals surface area contributed by atoms with Crippen molar-refractivity contribution in [1.82, 2.24) is 9.97 Å². The third-order valence-corrected chi connectivity index (χ3v) is 4.27. The summed E-state index contributed by atoms with van der Waals surface area (Å²) in [7, 11) is 0. The van der Waals surface area contributed by atoms with E-state index in [0.717, 1.165) is 18.7 Å². The van der Waals surface area contributed by atoms with Crippen molar-refractivity contribution in [1.29, 1.82) is 0 Å². The minimum atomic E-state index is 0.397. The summed E-state index contributed by atoms with van der Waals surface area (Å²) in [4.78, 5) is 8.81. The van der Waals surface area contributed by atoms with Crippen molar-refractivity contribution >= 4 is 17.4 Å². The van der Waals surface area contributed by atoms with E-state index in [2.05, 4.69) is 15.3 Å². The minimum absolute atomic E-state index is 0.397. The Morgan fingerprint density at radius 3 is 2.56 bits per heavy atom. The summed E-state index contributed by atoms with van der Waals surface area (Å²) < 4.78 is 0. The Hall–Kier alpha value is -0.830. The van der Waals surface area contributed by atoms with Crippen LogP contribution in [0.4, 0.5) is 5.82 Å². The first-order valence-electron chi connectivity index (χ1n) is 7.15. The van der Waals surface area contributed by atoms with Gasteiger partial charge in [0.05, 0.1) is 5.69 Å². The van der Waals surface area contributed by atoms with Crippen molar-refractivity contribution in [3.05, 3.63) is 16.5 Å². The van der Waals surface area contributed by atoms with Gasteiger partial charge in [0.1, 0.15) is 5.82 Å². The lowest BCUT2D eigenvalue weighted by atomic mass is 9.93. The molecule has 0 radical (unpaired) electrons. The fourth-order valence-electron chi connectivity index (χ4n) is 3.12. The monoisotopic (exact) mass is 265 g/mol. The average Bonchev–Trinajstić information content (AvgIpc) is 2.40. The van der Waals surface area contributed by atoms with Gasteiger partial charge in [0.15, 0.2) is 0 Å². The Bertz CT molecular complexity index is 427. The van der Waals surface area contributed by atoms with Gasteiger partial charge in [0.25, 0.3) is 0 Å². The molecule has 2 aliphatic carbocycles. The maximum Gasteiger partial charge on any atom is 0.224 e. The highest BCUT2D eigenvalue weighted by Gasteiger charge is 2.20. The van der Waals surface area contributed by atoms with Crippen LogP contribution in [0.5, 0.6) is 0 Å². The summed E-state index contributed by atoms with van der Waals surface area (Å²) in [6, 6.07) is 0.579. The van der Waals surface area contributed by atoms with Crippen LogP contribution < -0.4 is 5.32 Å². The number of fused-ring (bicyclic) bond motifs is 1. The largest absolute Gasteiger partial charge is 0.367 e. The lowest BCUT2D eigenvalue weighted by Gasteiger charge is -2.26. The van der Waals surface area contributed by atoms with Crippen molar-refractivity contribution in [2.75, 3.05) is 5.32 Å². The van der Waals surface area contributed by atoms with Crippen molar-refractivity contribution in [2.24, 2.45) is 0 Å². The molecule has 4 heteroatoms. The zero-order valence-corrected chi connectivity index (χ0v) is 11.5. The fourth-order valence-corrected chi connectivity index (χ4v) is 3.31. The number of aromatic nitrogens is 2. The molecule has 0 amide bonds. The van der Waals surface area contributed by atoms with Crippen LogP contribution in [-0.4, -0.2) is 16.0 Å². The van der Waals surface area contributed by atoms with Crippen LogP contribution >= 0.6 is 11.6 Å². The SMILES string of the molecule is Clc1nc2c(c(NC3CCCCC3)n1)CCCC2. The molecule has 1 aromatic heterocycles. The minimum Gasteiger partial charge on any atom is -0.367 e. The van der Waals surface area contributed by atoms with E-state index in [0.29, 0.717) is 11.3 Å². The van der Waals surface area contributed by atoms with Gasteiger partial charge in [0.2, 0.25) is 5.28 Å². The van der Waals surface area contributed by atoms with Gasteiger partial charge in [-0.05, 0) is 50.1 Å². The third kappa shape index (κ3) is 2.61. The molecule has 1 fully saturated rings. The van der Waals surface area contributed by atoms with E-state index in [1.165, 1.54) is 56.2 Å². The summed E-state index contributed by atoms with van der Waals surface area (Å²) >= 11 is 6.04. The van der Waals surface area contributed by atoms with Crippen LogP contribution in [0.1, 0.15) is 56.2 Å². The predicted octanol–water partition coefficient (Wildman–Crippen LogP) is 3.75. The van der Waals surface area contributed by atoms with E-state index in [-0.39, 0.29) is 0 Å². The highest BCUT2D eigenvalue weighted by Crippen LogP contribution is 2.29. The van der Waals surface area contributed by atoms with E-state index in [1.807, 2.05) is 0 Å². The molecule has 0 atom stereocenters. The zero-order chi connectivity index (χ0) is 12.4. The first kappa shape index (κ1) is 12.2. The van der Waals surface area contributed by atoms with Gasteiger partial charge in [-0.2, -0.15) is 0 Å². The first-order valence-corrected chi connectivity index (χ1v) is 7.52. The maximum absolute atomic E-state index is 6.04. The predicted molar refractivity (Wildman–Crippen MR) is 74.2 cm³/mol. The second-order valence-electron chi connectivity index (χ2n) is 5.45. The highest BCUT2D eigenvalue weighted by molar-refractivity contribution is 6.28. The molecule has 0 aromatic carbocycles. The molecule has 3 rings (SSSR count). The molecule has 0 spiro atoms. The number of hydrogen-bond donors (Lipinski definition) is 1. The number of anilines is 1. The number of hydrogen-bond acceptors (Lipinski definition) is 3. The summed E-state index contributed by atoms with van der Waals surface area (Å²) in [6.45, 7) is 0. The summed E-state index contributed by atoms with van der Waals surface area (Å²) in [5.74, 6) is 1.01. The summed E-state index contributed by atoms with van der Waals surface area (Å²) in [6.07, 6.45) is 11.2. The number of halogens is 1. The Morgan fingerprint density at radius 1 is 0.944 bits per heavy atom. The Labute approximate surface area is 113 Å². The van der Waals surface area contributed by atoms with Crippen LogP contribution in [0.2, 0.25) is 5.28 Å². The topological polar surface area (TPSA) is 37.8 Å². The molecule has 3 nitrogen and oxygen atoms in total. The average molecular weight is 266 g/mol. The van der Waals surface area contributed by atoms with Crippen LogP contribution in [0.15, 0.2) is 0 Å². The van der Waals surface area contributed by atoms with Crippen molar-refractivity contribution in [3.8, 4) is 0 Å². The van der Waals surface area contributed by atoms with Gasteiger partial charge < -0.3 is 5.32 Å². The van der Waals surface area contributed by atoms with E-state index in [4.69, 9.17) is 11.6 Å². The molecule has 98 valence electrons. The van der Waals surface area contributed by atoms with Gasteiger partial charge in [0, 0.05) is 11.6 Å². The van der Waals surface area contributed by atoms with Crippen molar-refractivity contribution < 1.29 is 0 Å². The van der Waals surface area contributed by atoms with Gasteiger partial charge in [-0.25, -0.2) is 9.97 Å². The normalized spacial score (nSPS) is 20.5. The standard InChI is InChI=1S/C14H20ClN3/c15-14-17-12-9-5-4-8-11(12)13(18-14)16-10-6-2-1-3-7-10/h10H,1-9H2,(H,16,17,18). The molecule has 2 aliphatic rings. The van der Waals surface area contributed by atoms with Gasteiger partial charge >= 0.3 is 0 Å². The lowest BCUT2D eigenvalue weighted by Crippen LogP contribution is -2.24. The Morgan fingerprint density at radius 2 is 1.72 bits per heavy atom. The second kappa shape index (κ2) is 5.43. The number of aryl methyl sites for hydroxylation is 1. The van der Waals surface area contributed by atoms with E-state index in [1.54, 1.807) is 0 Å². The Kier molecular flexibility index (Phi) is 3.69. The molecule has 0 saturated heterocycles. The third-order valence-electron chi connectivity index (χ3n) is 4.10. The van der Waals surface area contributed by atoms with E-state index < -0.39 is 0 Å². The molecule has 1 N–H and O–H groups in total. The molecule has 0 unspecified atom stereocenters. The molecule has 1 heterocycles. The van der Waals surface area contributed by atoms with Crippen LogP contribution in [0, 0.1) is 0 Å². The summed E-state index contributed by atoms with van der Waals surface area (Å²) in [5.41, 5.74) is 2.48. The molecule has 0 bridgehead atoms. The molecule has 1 aromatic rings. The van der Waals surface area contributed by atoms with Gasteiger partial charge in [-0.3, -0.25) is 0 Å². The number of nitrogens with zero attached hydrogens (tertiary/aromatic N) is 2. The summed E-state index contributed by atoms with van der Waals surface area (Å²) in [5, 5.41) is 4.01. The maximum atomic E-state index is 6.04. The molecule has 1 saturated carbocycles. The highest BCUT2D eigenvalue weighted by atomic mass is 35.5. The quantitative estimate of drug-likeness (QED) is 0.828. The number of rotatable bonds is 2. The second-order valence-corrected chi connectivity index (χ2v) is 5.79. The van der Waals surface area contributed by atoms with Gasteiger partial charge in [-0.15, -0.1) is 0 Å². The van der Waals surface area contributed by atoms with Crippen molar-refractivity contribution in [2.45, 2.75) is 63.8 Å². The first-order chi connectivity index (χ1) is 8.83. The van der Waals surface area contributed by atoms with E-state index in [9.17, 15) is 0 Å². The van der Waals surface area contributed by atoms with Crippen molar-refractivity contribution in [3.63, 3.8) is 0 Å². The lowest BCUT2D eigenvalue weighted by molar-refractivity contribution is 0.461. The zero-order valence-electron chi connectivity index (χ0n) is 10.7. The number of nitrogens with one attached hydrogen (secondary N) is 1. The van der Waals surface area contributed by atoms with Gasteiger partial charge in [-0.1, -0.05) is 19.3 Å².